The minimum absolute atomic E-state index is 0.208. The first-order chi connectivity index (χ1) is 6.47. The quantitative estimate of drug-likeness (QED) is 0.730. The summed E-state index contributed by atoms with van der Waals surface area (Å²) in [6.07, 6.45) is 4.27. The first kappa shape index (κ1) is 10.4. The maximum absolute atomic E-state index is 9.42. The van der Waals surface area contributed by atoms with Crippen molar-refractivity contribution in [3.05, 3.63) is 0 Å². The van der Waals surface area contributed by atoms with Crippen molar-refractivity contribution in [2.45, 2.75) is 46.1 Å². The van der Waals surface area contributed by atoms with E-state index >= 15 is 0 Å². The minimum atomic E-state index is 0.208. The van der Waals surface area contributed by atoms with Crippen molar-refractivity contribution < 1.29 is 5.11 Å². The molecular formula is C12H23NO. The van der Waals surface area contributed by atoms with Gasteiger partial charge in [-0.25, -0.2) is 0 Å². The van der Waals surface area contributed by atoms with Crippen molar-refractivity contribution in [2.24, 2.45) is 10.8 Å². The van der Waals surface area contributed by atoms with Gasteiger partial charge in [-0.1, -0.05) is 27.2 Å². The molecule has 14 heavy (non-hydrogen) atoms. The van der Waals surface area contributed by atoms with Crippen molar-refractivity contribution in [2.75, 3.05) is 19.7 Å². The molecule has 0 bridgehead atoms. The van der Waals surface area contributed by atoms with Gasteiger partial charge in [-0.15, -0.1) is 0 Å². The van der Waals surface area contributed by atoms with Crippen LogP contribution >= 0.6 is 0 Å². The van der Waals surface area contributed by atoms with Crippen LogP contribution in [0, 0.1) is 10.8 Å². The number of likely N-dealkylation sites (tertiary alicyclic amines) is 1. The monoisotopic (exact) mass is 197 g/mol. The van der Waals surface area contributed by atoms with Crippen LogP contribution < -0.4 is 0 Å². The van der Waals surface area contributed by atoms with Gasteiger partial charge in [0.2, 0.25) is 0 Å². The second-order valence-corrected chi connectivity index (χ2v) is 6.32. The Hall–Kier alpha value is -0.0800. The van der Waals surface area contributed by atoms with Crippen molar-refractivity contribution in [3.8, 4) is 0 Å². The maximum Gasteiger partial charge on any atom is 0.0591 e. The minimum Gasteiger partial charge on any atom is -0.395 e. The topological polar surface area (TPSA) is 23.5 Å². The molecule has 0 amide bonds. The van der Waals surface area contributed by atoms with Gasteiger partial charge in [0, 0.05) is 19.1 Å². The predicted octanol–water partition coefficient (Wildman–Crippen LogP) is 1.88. The van der Waals surface area contributed by atoms with Crippen LogP contribution in [0.2, 0.25) is 0 Å². The first-order valence-corrected chi connectivity index (χ1v) is 5.82. The normalized spacial score (nSPS) is 28.3. The van der Waals surface area contributed by atoms with Gasteiger partial charge in [0.15, 0.2) is 0 Å². The number of hydrogen-bond donors (Lipinski definition) is 1. The Kier molecular flexibility index (Phi) is 2.39. The molecule has 2 aliphatic rings. The molecule has 1 aliphatic heterocycles. The molecule has 0 aromatic heterocycles. The molecule has 2 heteroatoms. The van der Waals surface area contributed by atoms with Gasteiger partial charge in [-0.3, -0.25) is 4.90 Å². The lowest BCUT2D eigenvalue weighted by Gasteiger charge is -2.60. The van der Waals surface area contributed by atoms with Crippen LogP contribution in [0.3, 0.4) is 0 Å². The molecule has 1 unspecified atom stereocenters. The second-order valence-electron chi connectivity index (χ2n) is 6.32. The van der Waals surface area contributed by atoms with E-state index in [-0.39, 0.29) is 5.41 Å². The summed E-state index contributed by atoms with van der Waals surface area (Å²) in [7, 11) is 0. The van der Waals surface area contributed by atoms with Crippen LogP contribution in [0.1, 0.15) is 40.0 Å². The molecule has 1 aliphatic carbocycles. The summed E-state index contributed by atoms with van der Waals surface area (Å²) in [5, 5.41) is 9.42. The van der Waals surface area contributed by atoms with Gasteiger partial charge >= 0.3 is 0 Å². The van der Waals surface area contributed by atoms with Crippen LogP contribution in [0.25, 0.3) is 0 Å². The van der Waals surface area contributed by atoms with Crippen molar-refractivity contribution in [1.29, 1.82) is 0 Å². The largest absolute Gasteiger partial charge is 0.395 e. The van der Waals surface area contributed by atoms with Crippen molar-refractivity contribution in [3.63, 3.8) is 0 Å². The molecule has 2 nitrogen and oxygen atoms in total. The smallest absolute Gasteiger partial charge is 0.0591 e. The van der Waals surface area contributed by atoms with Gasteiger partial charge in [0.25, 0.3) is 0 Å². The molecule has 1 saturated carbocycles. The molecule has 1 spiro atoms. The number of nitrogens with zero attached hydrogens (tertiary/aromatic N) is 1. The highest BCUT2D eigenvalue weighted by Gasteiger charge is 2.50. The van der Waals surface area contributed by atoms with E-state index in [2.05, 4.69) is 25.7 Å². The fraction of sp³-hybridized carbons (Fsp3) is 1.00. The Balaban J connectivity index is 1.90. The van der Waals surface area contributed by atoms with Crippen molar-refractivity contribution >= 4 is 0 Å². The van der Waals surface area contributed by atoms with E-state index in [1.54, 1.807) is 0 Å². The second kappa shape index (κ2) is 3.21. The maximum atomic E-state index is 9.42. The first-order valence-electron chi connectivity index (χ1n) is 5.82. The number of rotatable bonds is 2. The van der Waals surface area contributed by atoms with E-state index < -0.39 is 0 Å². The summed E-state index contributed by atoms with van der Waals surface area (Å²) in [6, 6.07) is 0.355. The summed E-state index contributed by atoms with van der Waals surface area (Å²) in [4.78, 5) is 2.47. The average molecular weight is 197 g/mol. The van der Waals surface area contributed by atoms with E-state index in [1.165, 1.54) is 32.4 Å². The van der Waals surface area contributed by atoms with Crippen molar-refractivity contribution in [1.82, 2.24) is 4.90 Å². The third-order valence-corrected chi connectivity index (χ3v) is 4.10. The van der Waals surface area contributed by atoms with E-state index in [0.29, 0.717) is 18.1 Å². The summed E-state index contributed by atoms with van der Waals surface area (Å²) in [5.74, 6) is 0. The predicted molar refractivity (Wildman–Crippen MR) is 58.2 cm³/mol. The summed E-state index contributed by atoms with van der Waals surface area (Å²) in [6.45, 7) is 9.43. The third kappa shape index (κ3) is 1.59. The Morgan fingerprint density at radius 1 is 1.29 bits per heavy atom. The van der Waals surface area contributed by atoms with Crippen LogP contribution in [-0.4, -0.2) is 35.7 Å². The molecule has 2 rings (SSSR count). The number of aliphatic hydroxyl groups excluding tert-OH is 1. The molecule has 1 atom stereocenters. The third-order valence-electron chi connectivity index (χ3n) is 4.10. The lowest BCUT2D eigenvalue weighted by molar-refractivity contribution is -0.115. The average Bonchev–Trinajstić information content (AvgIpc) is 1.88. The van der Waals surface area contributed by atoms with Gasteiger partial charge in [-0.2, -0.15) is 0 Å². The highest BCUT2D eigenvalue weighted by molar-refractivity contribution is 5.03. The highest BCUT2D eigenvalue weighted by atomic mass is 16.3. The molecule has 1 saturated heterocycles. The zero-order valence-electron chi connectivity index (χ0n) is 9.71. The molecule has 0 aromatic carbocycles. The summed E-state index contributed by atoms with van der Waals surface area (Å²) >= 11 is 0. The molecule has 0 radical (unpaired) electrons. The molecule has 2 fully saturated rings. The van der Waals surface area contributed by atoms with Crippen LogP contribution in [-0.2, 0) is 0 Å². The van der Waals surface area contributed by atoms with E-state index in [0.717, 1.165) is 0 Å². The molecule has 1 heterocycles. The SMILES string of the molecule is CC(C)(C)C(CO)N1CC2(CCC2)C1. The lowest BCUT2D eigenvalue weighted by atomic mass is 9.62. The summed E-state index contributed by atoms with van der Waals surface area (Å²) < 4.78 is 0. The summed E-state index contributed by atoms with van der Waals surface area (Å²) in [5.41, 5.74) is 0.888. The number of aliphatic hydroxyl groups is 1. The zero-order chi connectivity index (χ0) is 10.4. The van der Waals surface area contributed by atoms with Gasteiger partial charge in [-0.05, 0) is 23.7 Å². The van der Waals surface area contributed by atoms with Crippen LogP contribution in [0.5, 0.6) is 0 Å². The zero-order valence-corrected chi connectivity index (χ0v) is 9.71. The fourth-order valence-corrected chi connectivity index (χ4v) is 2.97. The molecule has 1 N–H and O–H groups in total. The van der Waals surface area contributed by atoms with Crippen LogP contribution in [0.15, 0.2) is 0 Å². The fourth-order valence-electron chi connectivity index (χ4n) is 2.97. The Morgan fingerprint density at radius 2 is 1.86 bits per heavy atom. The highest BCUT2D eigenvalue weighted by Crippen LogP contribution is 2.49. The van der Waals surface area contributed by atoms with E-state index in [9.17, 15) is 5.11 Å². The molecule has 82 valence electrons. The Bertz CT molecular complexity index is 207. The molecular weight excluding hydrogens is 174 g/mol. The van der Waals surface area contributed by atoms with E-state index in [1.807, 2.05) is 0 Å². The van der Waals surface area contributed by atoms with Crippen LogP contribution in [0.4, 0.5) is 0 Å². The van der Waals surface area contributed by atoms with Gasteiger partial charge < -0.3 is 5.11 Å². The Morgan fingerprint density at radius 3 is 2.14 bits per heavy atom. The van der Waals surface area contributed by atoms with Gasteiger partial charge in [0.05, 0.1) is 6.61 Å². The number of hydrogen-bond acceptors (Lipinski definition) is 2. The Labute approximate surface area is 87.3 Å². The molecule has 0 aromatic rings. The van der Waals surface area contributed by atoms with E-state index in [4.69, 9.17) is 0 Å². The lowest BCUT2D eigenvalue weighted by Crippen LogP contribution is -2.65. The van der Waals surface area contributed by atoms with Gasteiger partial charge in [0.1, 0.15) is 0 Å². The standard InChI is InChI=1S/C12H23NO/c1-11(2,3)10(7-14)13-8-12(9-13)5-4-6-12/h10,14H,4-9H2,1-3H3.